The number of amides is 1. The van der Waals surface area contributed by atoms with E-state index >= 15 is 0 Å². The van der Waals surface area contributed by atoms with Crippen LogP contribution < -0.4 is 20.1 Å². The van der Waals surface area contributed by atoms with Gasteiger partial charge in [0.15, 0.2) is 5.75 Å². The first-order valence-electron chi connectivity index (χ1n) is 8.80. The molecular formula is C22H21FN2O3. The number of ether oxygens (including phenoxy) is 2. The molecule has 0 fully saturated rings. The molecule has 0 aromatic heterocycles. The maximum atomic E-state index is 13.3. The summed E-state index contributed by atoms with van der Waals surface area (Å²) in [7, 11) is 1.60. The summed E-state index contributed by atoms with van der Waals surface area (Å²) in [5, 5.41) is 5.90. The predicted molar refractivity (Wildman–Crippen MR) is 106 cm³/mol. The first kappa shape index (κ1) is 19.2. The van der Waals surface area contributed by atoms with E-state index in [1.165, 1.54) is 12.1 Å². The Morgan fingerprint density at radius 2 is 1.75 bits per heavy atom. The van der Waals surface area contributed by atoms with Crippen LogP contribution in [0.2, 0.25) is 0 Å². The lowest BCUT2D eigenvalue weighted by molar-refractivity contribution is -0.119. The molecule has 0 spiro atoms. The highest BCUT2D eigenvalue weighted by Crippen LogP contribution is 2.29. The number of carbonyl (C=O) groups is 1. The molecule has 3 aromatic carbocycles. The minimum atomic E-state index is -0.375. The van der Waals surface area contributed by atoms with E-state index in [9.17, 15) is 9.18 Å². The average Bonchev–Trinajstić information content (AvgIpc) is 2.72. The number of rotatable bonds is 8. The maximum absolute atomic E-state index is 13.3. The highest BCUT2D eigenvalue weighted by atomic mass is 19.1. The number of para-hydroxylation sites is 2. The molecule has 0 aliphatic carbocycles. The SMILES string of the molecule is COc1cccc(CNC(=O)CNc2ccccc2Oc2cccc(F)c2)c1. The number of hydrogen-bond acceptors (Lipinski definition) is 4. The molecule has 6 heteroatoms. The van der Waals surface area contributed by atoms with Gasteiger partial charge in [-0.25, -0.2) is 4.39 Å². The van der Waals surface area contributed by atoms with Crippen molar-refractivity contribution < 1.29 is 18.7 Å². The lowest BCUT2D eigenvalue weighted by Gasteiger charge is -2.13. The summed E-state index contributed by atoms with van der Waals surface area (Å²) in [6.45, 7) is 0.479. The number of nitrogens with one attached hydrogen (secondary N) is 2. The van der Waals surface area contributed by atoms with Crippen molar-refractivity contribution in [1.29, 1.82) is 0 Å². The molecule has 0 aliphatic heterocycles. The van der Waals surface area contributed by atoms with Gasteiger partial charge in [0.05, 0.1) is 19.3 Å². The molecule has 0 radical (unpaired) electrons. The Balaban J connectivity index is 1.56. The first-order chi connectivity index (χ1) is 13.6. The van der Waals surface area contributed by atoms with Gasteiger partial charge in [-0.2, -0.15) is 0 Å². The fraction of sp³-hybridized carbons (Fsp3) is 0.136. The Hall–Kier alpha value is -3.54. The monoisotopic (exact) mass is 380 g/mol. The average molecular weight is 380 g/mol. The van der Waals surface area contributed by atoms with Crippen LogP contribution in [0.15, 0.2) is 72.8 Å². The Morgan fingerprint density at radius 3 is 2.57 bits per heavy atom. The van der Waals surface area contributed by atoms with E-state index in [0.29, 0.717) is 23.7 Å². The summed E-state index contributed by atoms with van der Waals surface area (Å²) >= 11 is 0. The number of halogens is 1. The van der Waals surface area contributed by atoms with Crippen LogP contribution in [-0.2, 0) is 11.3 Å². The van der Waals surface area contributed by atoms with E-state index in [1.54, 1.807) is 31.4 Å². The molecule has 0 aliphatic rings. The molecule has 3 rings (SSSR count). The third-order valence-corrected chi connectivity index (χ3v) is 3.97. The zero-order valence-electron chi connectivity index (χ0n) is 15.4. The van der Waals surface area contributed by atoms with Crippen molar-refractivity contribution in [3.05, 3.63) is 84.2 Å². The van der Waals surface area contributed by atoms with Crippen LogP contribution in [0.1, 0.15) is 5.56 Å². The van der Waals surface area contributed by atoms with Crippen molar-refractivity contribution in [2.45, 2.75) is 6.54 Å². The largest absolute Gasteiger partial charge is 0.497 e. The summed E-state index contributed by atoms with van der Waals surface area (Å²) in [5.74, 6) is 1.10. The number of carbonyl (C=O) groups excluding carboxylic acids is 1. The van der Waals surface area contributed by atoms with Crippen molar-refractivity contribution in [3.63, 3.8) is 0 Å². The van der Waals surface area contributed by atoms with Gasteiger partial charge in [-0.05, 0) is 42.0 Å². The van der Waals surface area contributed by atoms with Crippen molar-refractivity contribution in [2.24, 2.45) is 0 Å². The van der Waals surface area contributed by atoms with Gasteiger partial charge in [0.25, 0.3) is 0 Å². The highest BCUT2D eigenvalue weighted by Gasteiger charge is 2.07. The lowest BCUT2D eigenvalue weighted by atomic mass is 10.2. The molecule has 0 unspecified atom stereocenters. The molecule has 2 N–H and O–H groups in total. The molecular weight excluding hydrogens is 359 g/mol. The normalized spacial score (nSPS) is 10.2. The van der Waals surface area contributed by atoms with E-state index in [-0.39, 0.29) is 18.3 Å². The van der Waals surface area contributed by atoms with Crippen LogP contribution in [0.25, 0.3) is 0 Å². The zero-order valence-corrected chi connectivity index (χ0v) is 15.4. The second-order valence-corrected chi connectivity index (χ2v) is 6.04. The number of anilines is 1. The molecule has 144 valence electrons. The number of methoxy groups -OCH3 is 1. The molecule has 3 aromatic rings. The van der Waals surface area contributed by atoms with Crippen molar-refractivity contribution in [1.82, 2.24) is 5.32 Å². The molecule has 1 amide bonds. The van der Waals surface area contributed by atoms with Crippen LogP contribution in [0.3, 0.4) is 0 Å². The zero-order chi connectivity index (χ0) is 19.8. The Morgan fingerprint density at radius 1 is 0.964 bits per heavy atom. The smallest absolute Gasteiger partial charge is 0.239 e. The van der Waals surface area contributed by atoms with E-state index in [4.69, 9.17) is 9.47 Å². The number of benzene rings is 3. The van der Waals surface area contributed by atoms with Gasteiger partial charge in [0.2, 0.25) is 5.91 Å². The molecule has 5 nitrogen and oxygen atoms in total. The molecule has 0 heterocycles. The topological polar surface area (TPSA) is 59.6 Å². The number of hydrogen-bond donors (Lipinski definition) is 2. The summed E-state index contributed by atoms with van der Waals surface area (Å²) < 4.78 is 24.2. The van der Waals surface area contributed by atoms with Crippen LogP contribution in [0.4, 0.5) is 10.1 Å². The Bertz CT molecular complexity index is 946. The Labute approximate surface area is 163 Å². The Kier molecular flexibility index (Phi) is 6.46. The van der Waals surface area contributed by atoms with E-state index < -0.39 is 0 Å². The molecule has 28 heavy (non-hydrogen) atoms. The summed E-state index contributed by atoms with van der Waals surface area (Å²) in [5.41, 5.74) is 1.59. The fourth-order valence-electron chi connectivity index (χ4n) is 2.58. The quantitative estimate of drug-likeness (QED) is 0.610. The lowest BCUT2D eigenvalue weighted by Crippen LogP contribution is -2.29. The van der Waals surface area contributed by atoms with Gasteiger partial charge in [-0.15, -0.1) is 0 Å². The van der Waals surface area contributed by atoms with Crippen molar-refractivity contribution in [3.8, 4) is 17.2 Å². The van der Waals surface area contributed by atoms with Gasteiger partial charge in [0, 0.05) is 12.6 Å². The standard InChI is InChI=1S/C22H21FN2O3/c1-27-18-8-4-6-16(12-18)14-25-22(26)15-24-20-10-2-3-11-21(20)28-19-9-5-7-17(23)13-19/h2-13,24H,14-15H2,1H3,(H,25,26). The highest BCUT2D eigenvalue weighted by molar-refractivity contribution is 5.81. The van der Waals surface area contributed by atoms with E-state index in [2.05, 4.69) is 10.6 Å². The maximum Gasteiger partial charge on any atom is 0.239 e. The minimum absolute atomic E-state index is 0.0769. The second-order valence-electron chi connectivity index (χ2n) is 6.04. The molecule has 0 bridgehead atoms. The van der Waals surface area contributed by atoms with Crippen LogP contribution in [0.5, 0.6) is 17.2 Å². The molecule has 0 saturated carbocycles. The van der Waals surface area contributed by atoms with Gasteiger partial charge >= 0.3 is 0 Å². The van der Waals surface area contributed by atoms with E-state index in [0.717, 1.165) is 11.3 Å². The first-order valence-corrected chi connectivity index (χ1v) is 8.80. The van der Waals surface area contributed by atoms with Gasteiger partial charge in [-0.3, -0.25) is 4.79 Å². The van der Waals surface area contributed by atoms with Crippen molar-refractivity contribution >= 4 is 11.6 Å². The van der Waals surface area contributed by atoms with Gasteiger partial charge < -0.3 is 20.1 Å². The predicted octanol–water partition coefficient (Wildman–Crippen LogP) is 4.35. The summed E-state index contributed by atoms with van der Waals surface area (Å²) in [6.07, 6.45) is 0. The molecule has 0 atom stereocenters. The summed E-state index contributed by atoms with van der Waals surface area (Å²) in [6, 6.07) is 20.6. The van der Waals surface area contributed by atoms with E-state index in [1.807, 2.05) is 36.4 Å². The van der Waals surface area contributed by atoms with Gasteiger partial charge in [-0.1, -0.05) is 30.3 Å². The fourth-order valence-corrected chi connectivity index (χ4v) is 2.58. The minimum Gasteiger partial charge on any atom is -0.497 e. The van der Waals surface area contributed by atoms with Gasteiger partial charge in [0.1, 0.15) is 17.3 Å². The third-order valence-electron chi connectivity index (χ3n) is 3.97. The van der Waals surface area contributed by atoms with Crippen LogP contribution >= 0.6 is 0 Å². The van der Waals surface area contributed by atoms with Crippen LogP contribution in [-0.4, -0.2) is 19.6 Å². The van der Waals surface area contributed by atoms with Crippen LogP contribution in [0, 0.1) is 5.82 Å². The van der Waals surface area contributed by atoms with Crippen molar-refractivity contribution in [2.75, 3.05) is 19.0 Å². The second kappa shape index (κ2) is 9.41. The summed E-state index contributed by atoms with van der Waals surface area (Å²) in [4.78, 5) is 12.2. The molecule has 0 saturated heterocycles. The third kappa shape index (κ3) is 5.48.